The largest absolute Gasteiger partial charge is 0.491 e. The Hall–Kier alpha value is -1.33. The third-order valence-corrected chi connectivity index (χ3v) is 6.02. The van der Waals surface area contributed by atoms with Crippen molar-refractivity contribution in [3.8, 4) is 0 Å². The number of carbonyl (C=O) groups excluding carboxylic acids is 1. The Bertz CT molecular complexity index is 545. The highest BCUT2D eigenvalue weighted by atomic mass is 16.5. The summed E-state index contributed by atoms with van der Waals surface area (Å²) in [7, 11) is 0. The van der Waals surface area contributed by atoms with Gasteiger partial charge in [0.05, 0.1) is 0 Å². The van der Waals surface area contributed by atoms with E-state index in [0.717, 1.165) is 64.7 Å². The van der Waals surface area contributed by atoms with Crippen LogP contribution in [0.15, 0.2) is 23.5 Å². The second-order valence-electron chi connectivity index (χ2n) is 7.66. The number of nitrogens with one attached hydrogen (secondary N) is 1. The van der Waals surface area contributed by atoms with Gasteiger partial charge in [-0.05, 0) is 70.5 Å². The second-order valence-corrected chi connectivity index (χ2v) is 7.66. The van der Waals surface area contributed by atoms with E-state index < -0.39 is 0 Å². The Labute approximate surface area is 157 Å². The van der Waals surface area contributed by atoms with Crippen molar-refractivity contribution in [2.45, 2.75) is 58.0 Å². The highest BCUT2D eigenvalue weighted by Gasteiger charge is 2.42. The molecule has 1 aliphatic carbocycles. The molecule has 1 N–H and O–H groups in total. The Morgan fingerprint density at radius 3 is 2.85 bits per heavy atom. The van der Waals surface area contributed by atoms with E-state index in [9.17, 15) is 4.79 Å². The standard InChI is InChI=1S/C21H34N2O3/c1-3-23(4-2)20(24)16-25-14-9-17-15-21(10-12-22-13-11-21)26-19-8-6-5-7-18(17)19/h5,7,17,22H,3-4,6,8-16H2,1-2H3. The lowest BCUT2D eigenvalue weighted by Crippen LogP contribution is -2.47. The maximum Gasteiger partial charge on any atom is 0.248 e. The Morgan fingerprint density at radius 2 is 2.12 bits per heavy atom. The van der Waals surface area contributed by atoms with Crippen LogP contribution in [0.25, 0.3) is 0 Å². The quantitative estimate of drug-likeness (QED) is 0.707. The first kappa shape index (κ1) is 19.4. The van der Waals surface area contributed by atoms with Gasteiger partial charge in [0.1, 0.15) is 18.0 Å². The molecule has 3 rings (SSSR count). The van der Waals surface area contributed by atoms with Gasteiger partial charge in [-0.15, -0.1) is 0 Å². The molecule has 26 heavy (non-hydrogen) atoms. The zero-order valence-electron chi connectivity index (χ0n) is 16.4. The maximum atomic E-state index is 12.1. The van der Waals surface area contributed by atoms with Crippen molar-refractivity contribution in [3.63, 3.8) is 0 Å². The van der Waals surface area contributed by atoms with Crippen molar-refractivity contribution in [2.75, 3.05) is 39.4 Å². The van der Waals surface area contributed by atoms with E-state index in [1.807, 2.05) is 18.7 Å². The summed E-state index contributed by atoms with van der Waals surface area (Å²) in [5.74, 6) is 1.79. The van der Waals surface area contributed by atoms with Crippen molar-refractivity contribution in [2.24, 2.45) is 5.92 Å². The Balaban J connectivity index is 1.57. The number of ether oxygens (including phenoxy) is 2. The second kappa shape index (κ2) is 9.05. The number of amides is 1. The Kier molecular flexibility index (Phi) is 6.76. The number of likely N-dealkylation sites (N-methyl/N-ethyl adjacent to an activating group) is 1. The number of rotatable bonds is 7. The average Bonchev–Trinajstić information content (AvgIpc) is 2.66. The minimum Gasteiger partial charge on any atom is -0.491 e. The van der Waals surface area contributed by atoms with E-state index in [1.54, 1.807) is 0 Å². The molecule has 5 nitrogen and oxygen atoms in total. The first-order valence-electron chi connectivity index (χ1n) is 10.3. The number of nitrogens with zero attached hydrogens (tertiary/aromatic N) is 1. The van der Waals surface area contributed by atoms with Gasteiger partial charge in [-0.2, -0.15) is 0 Å². The number of allylic oxidation sites excluding steroid dienone is 4. The molecule has 0 aromatic heterocycles. The molecule has 1 fully saturated rings. The third kappa shape index (κ3) is 4.49. The van der Waals surface area contributed by atoms with Gasteiger partial charge in [0.2, 0.25) is 5.91 Å². The van der Waals surface area contributed by atoms with Crippen LogP contribution in [0.5, 0.6) is 0 Å². The summed E-state index contributed by atoms with van der Waals surface area (Å²) in [6, 6.07) is 0. The van der Waals surface area contributed by atoms with Gasteiger partial charge < -0.3 is 19.7 Å². The van der Waals surface area contributed by atoms with Crippen LogP contribution in [0.2, 0.25) is 0 Å². The van der Waals surface area contributed by atoms with E-state index in [0.29, 0.717) is 12.5 Å². The van der Waals surface area contributed by atoms with Crippen molar-refractivity contribution in [1.82, 2.24) is 10.2 Å². The molecule has 0 bridgehead atoms. The van der Waals surface area contributed by atoms with Crippen LogP contribution in [0.3, 0.4) is 0 Å². The Morgan fingerprint density at radius 1 is 1.35 bits per heavy atom. The average molecular weight is 363 g/mol. The zero-order valence-corrected chi connectivity index (χ0v) is 16.4. The fourth-order valence-corrected chi connectivity index (χ4v) is 4.50. The van der Waals surface area contributed by atoms with Crippen molar-refractivity contribution < 1.29 is 14.3 Å². The highest BCUT2D eigenvalue weighted by Crippen LogP contribution is 2.45. The number of carbonyl (C=O) groups is 1. The molecule has 3 aliphatic rings. The van der Waals surface area contributed by atoms with Crippen LogP contribution in [-0.2, 0) is 14.3 Å². The predicted octanol–water partition coefficient (Wildman–Crippen LogP) is 3.02. The molecule has 0 saturated carbocycles. The molecular formula is C21H34N2O3. The van der Waals surface area contributed by atoms with E-state index in [4.69, 9.17) is 9.47 Å². The molecular weight excluding hydrogens is 328 g/mol. The van der Waals surface area contributed by atoms with Crippen LogP contribution in [0, 0.1) is 5.92 Å². The minimum absolute atomic E-state index is 0.0109. The molecule has 0 aromatic rings. The summed E-state index contributed by atoms with van der Waals surface area (Å²) in [4.78, 5) is 13.9. The van der Waals surface area contributed by atoms with Crippen molar-refractivity contribution >= 4 is 5.91 Å². The van der Waals surface area contributed by atoms with Crippen LogP contribution < -0.4 is 5.32 Å². The zero-order chi connectivity index (χ0) is 18.4. The summed E-state index contributed by atoms with van der Waals surface area (Å²) in [6.45, 7) is 8.42. The fourth-order valence-electron chi connectivity index (χ4n) is 4.50. The molecule has 0 aromatic carbocycles. The first-order chi connectivity index (χ1) is 12.7. The topological polar surface area (TPSA) is 50.8 Å². The molecule has 1 amide bonds. The predicted molar refractivity (Wildman–Crippen MR) is 103 cm³/mol. The number of hydrogen-bond donors (Lipinski definition) is 1. The van der Waals surface area contributed by atoms with Crippen LogP contribution in [0.4, 0.5) is 0 Å². The first-order valence-corrected chi connectivity index (χ1v) is 10.3. The summed E-state index contributed by atoms with van der Waals surface area (Å²) in [6.07, 6.45) is 10.8. The van der Waals surface area contributed by atoms with Gasteiger partial charge in [-0.25, -0.2) is 0 Å². The number of piperidine rings is 1. The van der Waals surface area contributed by atoms with E-state index in [2.05, 4.69) is 17.5 Å². The lowest BCUT2D eigenvalue weighted by atomic mass is 9.75. The summed E-state index contributed by atoms with van der Waals surface area (Å²) in [5.41, 5.74) is 1.39. The van der Waals surface area contributed by atoms with Gasteiger partial charge in [0.15, 0.2) is 0 Å². The number of hydrogen-bond acceptors (Lipinski definition) is 4. The van der Waals surface area contributed by atoms with Gasteiger partial charge in [0.25, 0.3) is 0 Å². The van der Waals surface area contributed by atoms with E-state index in [1.165, 1.54) is 11.3 Å². The van der Waals surface area contributed by atoms with Crippen LogP contribution in [-0.4, -0.2) is 55.8 Å². The molecule has 1 spiro atoms. The monoisotopic (exact) mass is 362 g/mol. The molecule has 2 heterocycles. The lowest BCUT2D eigenvalue weighted by Gasteiger charge is -2.46. The molecule has 1 unspecified atom stereocenters. The molecule has 0 radical (unpaired) electrons. The van der Waals surface area contributed by atoms with E-state index in [-0.39, 0.29) is 18.1 Å². The van der Waals surface area contributed by atoms with Gasteiger partial charge >= 0.3 is 0 Å². The lowest BCUT2D eigenvalue weighted by molar-refractivity contribution is -0.136. The summed E-state index contributed by atoms with van der Waals surface area (Å²) in [5, 5.41) is 3.45. The molecule has 1 saturated heterocycles. The summed E-state index contributed by atoms with van der Waals surface area (Å²) < 4.78 is 12.3. The molecule has 146 valence electrons. The van der Waals surface area contributed by atoms with Gasteiger partial charge in [-0.3, -0.25) is 4.79 Å². The smallest absolute Gasteiger partial charge is 0.248 e. The van der Waals surface area contributed by atoms with Gasteiger partial charge in [0, 0.05) is 26.1 Å². The highest BCUT2D eigenvalue weighted by molar-refractivity contribution is 5.77. The molecule has 5 heteroatoms. The van der Waals surface area contributed by atoms with Gasteiger partial charge in [-0.1, -0.05) is 12.2 Å². The molecule has 1 atom stereocenters. The van der Waals surface area contributed by atoms with Crippen LogP contribution in [0.1, 0.15) is 52.4 Å². The molecule has 2 aliphatic heterocycles. The third-order valence-electron chi connectivity index (χ3n) is 6.02. The minimum atomic E-state index is 0.0109. The van der Waals surface area contributed by atoms with E-state index >= 15 is 0 Å². The maximum absolute atomic E-state index is 12.1. The normalized spacial score (nSPS) is 24.3. The van der Waals surface area contributed by atoms with Crippen molar-refractivity contribution in [3.05, 3.63) is 23.5 Å². The summed E-state index contributed by atoms with van der Waals surface area (Å²) >= 11 is 0. The van der Waals surface area contributed by atoms with Crippen molar-refractivity contribution in [1.29, 1.82) is 0 Å². The SMILES string of the molecule is CCN(CC)C(=O)COCCC1CC2(CCNCC2)OC2=C1C=CCC2. The fraction of sp³-hybridized carbons (Fsp3) is 0.762. The van der Waals surface area contributed by atoms with Crippen LogP contribution >= 0.6 is 0 Å².